The van der Waals surface area contributed by atoms with Gasteiger partial charge in [0, 0.05) is 17.8 Å². The lowest BCUT2D eigenvalue weighted by molar-refractivity contribution is 0.0965. The number of fused-ring (bicyclic) bond motifs is 1. The summed E-state index contributed by atoms with van der Waals surface area (Å²) in [6, 6.07) is 9.60. The van der Waals surface area contributed by atoms with Gasteiger partial charge in [0.25, 0.3) is 5.91 Å². The molecule has 4 nitrogen and oxygen atoms in total. The van der Waals surface area contributed by atoms with Crippen molar-refractivity contribution in [1.82, 2.24) is 5.32 Å². The van der Waals surface area contributed by atoms with Crippen molar-refractivity contribution < 1.29 is 9.18 Å². The largest absolute Gasteiger partial charge is 0.399 e. The van der Waals surface area contributed by atoms with Crippen molar-refractivity contribution in [3.8, 4) is 17.2 Å². The minimum atomic E-state index is -0.448. The van der Waals surface area contributed by atoms with Crippen LogP contribution in [-0.4, -0.2) is 5.91 Å². The van der Waals surface area contributed by atoms with Crippen LogP contribution in [0.3, 0.4) is 0 Å². The van der Waals surface area contributed by atoms with E-state index in [1.165, 1.54) is 12.1 Å². The number of nitriles is 1. The summed E-state index contributed by atoms with van der Waals surface area (Å²) >= 11 is 0. The summed E-state index contributed by atoms with van der Waals surface area (Å²) in [6.07, 6.45) is 0. The van der Waals surface area contributed by atoms with Crippen molar-refractivity contribution in [1.29, 1.82) is 5.26 Å². The SMILES string of the molecule is N#Cc1ccc(-c2ccc(N)cc2F)c2c1C(=O)NC2. The van der Waals surface area contributed by atoms with Crippen LogP contribution in [0.1, 0.15) is 21.5 Å². The van der Waals surface area contributed by atoms with Crippen LogP contribution in [-0.2, 0) is 6.54 Å². The molecule has 1 aliphatic rings. The Morgan fingerprint density at radius 1 is 1.25 bits per heavy atom. The van der Waals surface area contributed by atoms with E-state index >= 15 is 0 Å². The van der Waals surface area contributed by atoms with Gasteiger partial charge in [-0.2, -0.15) is 5.26 Å². The third-order valence-corrected chi connectivity index (χ3v) is 3.37. The van der Waals surface area contributed by atoms with E-state index in [0.717, 1.165) is 0 Å². The van der Waals surface area contributed by atoms with Crippen LogP contribution < -0.4 is 11.1 Å². The van der Waals surface area contributed by atoms with E-state index in [0.29, 0.717) is 40.0 Å². The van der Waals surface area contributed by atoms with Gasteiger partial charge in [0.2, 0.25) is 0 Å². The molecular weight excluding hydrogens is 257 g/mol. The van der Waals surface area contributed by atoms with Gasteiger partial charge in [0.15, 0.2) is 0 Å². The van der Waals surface area contributed by atoms with Crippen molar-refractivity contribution in [2.75, 3.05) is 5.73 Å². The van der Waals surface area contributed by atoms with E-state index < -0.39 is 5.82 Å². The first-order valence-corrected chi connectivity index (χ1v) is 6.01. The number of nitrogens with two attached hydrogens (primary N) is 1. The van der Waals surface area contributed by atoms with Crippen LogP contribution in [0.4, 0.5) is 10.1 Å². The highest BCUT2D eigenvalue weighted by atomic mass is 19.1. The lowest BCUT2D eigenvalue weighted by Gasteiger charge is -2.10. The Kier molecular flexibility index (Phi) is 2.65. The van der Waals surface area contributed by atoms with Crippen LogP contribution in [0.15, 0.2) is 30.3 Å². The predicted octanol–water partition coefficient (Wildman–Crippen LogP) is 2.19. The Morgan fingerprint density at radius 3 is 2.70 bits per heavy atom. The average Bonchev–Trinajstić information content (AvgIpc) is 2.81. The number of anilines is 1. The zero-order valence-corrected chi connectivity index (χ0v) is 10.4. The Balaban J connectivity index is 2.27. The fraction of sp³-hybridized carbons (Fsp3) is 0.0667. The maximum absolute atomic E-state index is 14.0. The molecular formula is C15H10FN3O. The first kappa shape index (κ1) is 12.2. The van der Waals surface area contributed by atoms with Gasteiger partial charge in [0.05, 0.1) is 17.2 Å². The summed E-state index contributed by atoms with van der Waals surface area (Å²) < 4.78 is 14.0. The summed E-state index contributed by atoms with van der Waals surface area (Å²) in [4.78, 5) is 11.8. The van der Waals surface area contributed by atoms with Crippen LogP contribution in [0, 0.1) is 17.1 Å². The number of nitrogens with one attached hydrogen (secondary N) is 1. The van der Waals surface area contributed by atoms with Gasteiger partial charge in [0.1, 0.15) is 5.82 Å². The summed E-state index contributed by atoms with van der Waals surface area (Å²) in [5.41, 5.74) is 8.14. The molecule has 1 amide bonds. The summed E-state index contributed by atoms with van der Waals surface area (Å²) in [6.45, 7) is 0.294. The molecule has 0 saturated carbocycles. The number of hydrogen-bond acceptors (Lipinski definition) is 3. The zero-order chi connectivity index (χ0) is 14.3. The number of nitrogens with zero attached hydrogens (tertiary/aromatic N) is 1. The number of halogens is 1. The van der Waals surface area contributed by atoms with Crippen molar-refractivity contribution in [3.63, 3.8) is 0 Å². The fourth-order valence-electron chi connectivity index (χ4n) is 2.44. The highest BCUT2D eigenvalue weighted by Crippen LogP contribution is 2.33. The molecule has 5 heteroatoms. The Hall–Kier alpha value is -2.87. The molecule has 0 bridgehead atoms. The smallest absolute Gasteiger partial charge is 0.253 e. The molecule has 0 fully saturated rings. The number of benzene rings is 2. The Labute approximate surface area is 114 Å². The number of hydrogen-bond donors (Lipinski definition) is 2. The van der Waals surface area contributed by atoms with Crippen LogP contribution in [0.5, 0.6) is 0 Å². The van der Waals surface area contributed by atoms with Crippen LogP contribution >= 0.6 is 0 Å². The minimum Gasteiger partial charge on any atom is -0.399 e. The number of amides is 1. The van der Waals surface area contributed by atoms with E-state index in [9.17, 15) is 9.18 Å². The van der Waals surface area contributed by atoms with Gasteiger partial charge < -0.3 is 11.1 Å². The molecule has 3 rings (SSSR count). The summed E-state index contributed by atoms with van der Waals surface area (Å²) in [5, 5.41) is 11.7. The molecule has 1 heterocycles. The number of carbonyl (C=O) groups is 1. The molecule has 0 aromatic heterocycles. The molecule has 20 heavy (non-hydrogen) atoms. The van der Waals surface area contributed by atoms with Crippen molar-refractivity contribution in [2.45, 2.75) is 6.54 Å². The average molecular weight is 267 g/mol. The van der Waals surface area contributed by atoms with Crippen LogP contribution in [0.25, 0.3) is 11.1 Å². The molecule has 0 spiro atoms. The standard InChI is InChI=1S/C15H10FN3O/c16-13-5-9(18)2-4-11(13)10-3-1-8(6-17)14-12(10)7-19-15(14)20/h1-5H,7,18H2,(H,19,20). The molecule has 2 aromatic carbocycles. The maximum Gasteiger partial charge on any atom is 0.253 e. The lowest BCUT2D eigenvalue weighted by Crippen LogP contribution is -2.13. The first-order chi connectivity index (χ1) is 9.61. The van der Waals surface area contributed by atoms with Gasteiger partial charge in [-0.3, -0.25) is 4.79 Å². The van der Waals surface area contributed by atoms with E-state index in [2.05, 4.69) is 5.32 Å². The molecule has 2 aromatic rings. The van der Waals surface area contributed by atoms with E-state index in [-0.39, 0.29) is 5.91 Å². The first-order valence-electron chi connectivity index (χ1n) is 6.01. The normalized spacial score (nSPS) is 12.7. The van der Waals surface area contributed by atoms with Gasteiger partial charge in [-0.15, -0.1) is 0 Å². The molecule has 1 aliphatic heterocycles. The Bertz CT molecular complexity index is 777. The second-order valence-corrected chi connectivity index (χ2v) is 4.55. The summed E-state index contributed by atoms with van der Waals surface area (Å²) in [5.74, 6) is -0.745. The second-order valence-electron chi connectivity index (χ2n) is 4.55. The van der Waals surface area contributed by atoms with E-state index in [1.807, 2.05) is 6.07 Å². The van der Waals surface area contributed by atoms with Gasteiger partial charge in [-0.25, -0.2) is 4.39 Å². The van der Waals surface area contributed by atoms with Crippen LogP contribution in [0.2, 0.25) is 0 Å². The lowest BCUT2D eigenvalue weighted by atomic mass is 9.93. The summed E-state index contributed by atoms with van der Waals surface area (Å²) in [7, 11) is 0. The minimum absolute atomic E-state index is 0.294. The van der Waals surface area contributed by atoms with E-state index in [4.69, 9.17) is 11.0 Å². The predicted molar refractivity (Wildman–Crippen MR) is 72.1 cm³/mol. The second kappa shape index (κ2) is 4.35. The topological polar surface area (TPSA) is 78.9 Å². The molecule has 0 saturated heterocycles. The van der Waals surface area contributed by atoms with Crippen molar-refractivity contribution in [2.24, 2.45) is 0 Å². The highest BCUT2D eigenvalue weighted by molar-refractivity contribution is 6.02. The molecule has 0 atom stereocenters. The third kappa shape index (κ3) is 1.70. The number of rotatable bonds is 1. The molecule has 0 aliphatic carbocycles. The molecule has 3 N–H and O–H groups in total. The third-order valence-electron chi connectivity index (χ3n) is 3.37. The Morgan fingerprint density at radius 2 is 2.00 bits per heavy atom. The number of carbonyl (C=O) groups excluding carboxylic acids is 1. The zero-order valence-electron chi connectivity index (χ0n) is 10.4. The van der Waals surface area contributed by atoms with Crippen molar-refractivity contribution in [3.05, 3.63) is 52.8 Å². The van der Waals surface area contributed by atoms with Gasteiger partial charge in [-0.1, -0.05) is 6.07 Å². The molecule has 0 unspecified atom stereocenters. The van der Waals surface area contributed by atoms with E-state index in [1.54, 1.807) is 18.2 Å². The molecule has 98 valence electrons. The number of nitrogen functional groups attached to an aromatic ring is 1. The fourth-order valence-corrected chi connectivity index (χ4v) is 2.44. The quantitative estimate of drug-likeness (QED) is 0.777. The van der Waals surface area contributed by atoms with Gasteiger partial charge in [-0.05, 0) is 35.4 Å². The van der Waals surface area contributed by atoms with Gasteiger partial charge >= 0.3 is 0 Å². The monoisotopic (exact) mass is 267 g/mol. The van der Waals surface area contributed by atoms with Crippen molar-refractivity contribution >= 4 is 11.6 Å². The maximum atomic E-state index is 14.0. The molecule has 0 radical (unpaired) electrons. The highest BCUT2D eigenvalue weighted by Gasteiger charge is 2.26.